The molecule has 19 heavy (non-hydrogen) atoms. The summed E-state index contributed by atoms with van der Waals surface area (Å²) in [4.78, 5) is 3.47. The summed E-state index contributed by atoms with van der Waals surface area (Å²) in [5, 5.41) is 12.7. The van der Waals surface area contributed by atoms with Crippen molar-refractivity contribution < 1.29 is 0 Å². The second kappa shape index (κ2) is 6.83. The molecule has 1 fully saturated rings. The van der Waals surface area contributed by atoms with E-state index in [2.05, 4.69) is 30.3 Å². The van der Waals surface area contributed by atoms with Crippen molar-refractivity contribution in [3.8, 4) is 6.07 Å². The average Bonchev–Trinajstić information content (AvgIpc) is 3.23. The van der Waals surface area contributed by atoms with Gasteiger partial charge < -0.3 is 10.2 Å². The molecule has 1 aromatic carbocycles. The van der Waals surface area contributed by atoms with Gasteiger partial charge in [0.25, 0.3) is 0 Å². The van der Waals surface area contributed by atoms with Gasteiger partial charge in [-0.1, -0.05) is 13.0 Å². The van der Waals surface area contributed by atoms with E-state index in [-0.39, 0.29) is 0 Å². The molecule has 4 heteroatoms. The molecular formula is C15H21N3S. The average molecular weight is 275 g/mol. The van der Waals surface area contributed by atoms with E-state index in [4.69, 9.17) is 0 Å². The highest BCUT2D eigenvalue weighted by molar-refractivity contribution is 7.99. The molecule has 0 spiro atoms. The van der Waals surface area contributed by atoms with Gasteiger partial charge in [-0.15, -0.1) is 11.8 Å². The Hall–Kier alpha value is -1.18. The number of nitrogens with zero attached hydrogens (tertiary/aromatic N) is 2. The van der Waals surface area contributed by atoms with Gasteiger partial charge >= 0.3 is 0 Å². The number of likely N-dealkylation sites (N-methyl/N-ethyl adjacent to an activating group) is 1. The highest BCUT2D eigenvalue weighted by Crippen LogP contribution is 2.28. The van der Waals surface area contributed by atoms with Gasteiger partial charge in [0.1, 0.15) is 6.07 Å². The zero-order valence-electron chi connectivity index (χ0n) is 11.6. The number of hydrogen-bond donors (Lipinski definition) is 1. The van der Waals surface area contributed by atoms with Crippen molar-refractivity contribution >= 4 is 17.4 Å². The maximum atomic E-state index is 9.32. The monoisotopic (exact) mass is 275 g/mol. The molecule has 0 heterocycles. The molecule has 0 saturated heterocycles. The maximum absolute atomic E-state index is 9.32. The smallest absolute Gasteiger partial charge is 0.102 e. The molecule has 3 nitrogen and oxygen atoms in total. The van der Waals surface area contributed by atoms with Crippen LogP contribution in [0.2, 0.25) is 0 Å². The zero-order chi connectivity index (χ0) is 13.7. The van der Waals surface area contributed by atoms with E-state index in [0.717, 1.165) is 41.0 Å². The lowest BCUT2D eigenvalue weighted by atomic mass is 10.2. The Bertz CT molecular complexity index is 463. The molecule has 0 unspecified atom stereocenters. The summed E-state index contributed by atoms with van der Waals surface area (Å²) < 4.78 is 0. The normalized spacial score (nSPS) is 14.4. The first kappa shape index (κ1) is 14.2. The van der Waals surface area contributed by atoms with Crippen LogP contribution in [-0.4, -0.2) is 36.8 Å². The Morgan fingerprint density at radius 1 is 1.47 bits per heavy atom. The number of thioether (sulfide) groups is 1. The summed E-state index contributed by atoms with van der Waals surface area (Å²) >= 11 is 1.72. The Balaban J connectivity index is 1.95. The van der Waals surface area contributed by atoms with Crippen molar-refractivity contribution in [2.24, 2.45) is 0 Å². The molecule has 0 radical (unpaired) electrons. The van der Waals surface area contributed by atoms with Gasteiger partial charge in [0.2, 0.25) is 0 Å². The summed E-state index contributed by atoms with van der Waals surface area (Å²) in [5.74, 6) is 0.989. The molecule has 1 aliphatic rings. The molecule has 2 rings (SSSR count). The van der Waals surface area contributed by atoms with Crippen molar-refractivity contribution in [1.82, 2.24) is 4.90 Å². The van der Waals surface area contributed by atoms with Gasteiger partial charge in [-0.25, -0.2) is 0 Å². The van der Waals surface area contributed by atoms with Crippen LogP contribution in [0.5, 0.6) is 0 Å². The number of benzene rings is 1. The topological polar surface area (TPSA) is 39.1 Å². The Kier molecular flexibility index (Phi) is 5.12. The van der Waals surface area contributed by atoms with Crippen molar-refractivity contribution in [2.75, 3.05) is 31.2 Å². The van der Waals surface area contributed by atoms with Crippen LogP contribution in [0.1, 0.15) is 25.3 Å². The minimum Gasteiger partial charge on any atom is -0.383 e. The van der Waals surface area contributed by atoms with Crippen LogP contribution < -0.4 is 5.32 Å². The fraction of sp³-hybridized carbons (Fsp3) is 0.533. The minimum atomic E-state index is 0.781. The van der Waals surface area contributed by atoms with E-state index >= 15 is 0 Å². The molecular weight excluding hydrogens is 254 g/mol. The van der Waals surface area contributed by atoms with Gasteiger partial charge in [0, 0.05) is 24.0 Å². The first-order valence-electron chi connectivity index (χ1n) is 6.86. The fourth-order valence-corrected chi connectivity index (χ4v) is 2.92. The number of nitriles is 1. The molecule has 1 N–H and O–H groups in total. The summed E-state index contributed by atoms with van der Waals surface area (Å²) in [6, 6.07) is 9.15. The van der Waals surface area contributed by atoms with Crippen LogP contribution in [0.4, 0.5) is 5.69 Å². The van der Waals surface area contributed by atoms with Crippen LogP contribution in [0, 0.1) is 11.3 Å². The molecule has 1 aromatic rings. The predicted molar refractivity (Wildman–Crippen MR) is 81.7 cm³/mol. The van der Waals surface area contributed by atoms with E-state index < -0.39 is 0 Å². The Labute approximate surface area is 120 Å². The van der Waals surface area contributed by atoms with Gasteiger partial charge in [0.05, 0.1) is 11.3 Å². The molecule has 1 saturated carbocycles. The lowest BCUT2D eigenvalue weighted by Gasteiger charge is -2.17. The SMILES string of the molecule is CCSc1cccc(NCCN(C)C2CC2)c1C#N. The number of nitrogens with one attached hydrogen (secondary N) is 1. The van der Waals surface area contributed by atoms with E-state index in [0.29, 0.717) is 0 Å². The molecule has 0 aliphatic heterocycles. The van der Waals surface area contributed by atoms with Crippen LogP contribution >= 0.6 is 11.8 Å². The highest BCUT2D eigenvalue weighted by Gasteiger charge is 2.25. The highest BCUT2D eigenvalue weighted by atomic mass is 32.2. The largest absolute Gasteiger partial charge is 0.383 e. The molecule has 0 aromatic heterocycles. The molecule has 1 aliphatic carbocycles. The second-order valence-corrected chi connectivity index (χ2v) is 6.17. The van der Waals surface area contributed by atoms with Gasteiger partial charge in [-0.05, 0) is 37.8 Å². The molecule has 0 bridgehead atoms. The predicted octanol–water partition coefficient (Wildman–Crippen LogP) is 3.18. The third-order valence-corrected chi connectivity index (χ3v) is 4.33. The first-order valence-corrected chi connectivity index (χ1v) is 7.84. The summed E-state index contributed by atoms with van der Waals surface area (Å²) in [6.07, 6.45) is 2.67. The molecule has 0 amide bonds. The lowest BCUT2D eigenvalue weighted by molar-refractivity contribution is 0.337. The third kappa shape index (κ3) is 3.89. The van der Waals surface area contributed by atoms with Crippen molar-refractivity contribution in [1.29, 1.82) is 5.26 Å². The second-order valence-electron chi connectivity index (χ2n) is 4.86. The first-order chi connectivity index (χ1) is 9.26. The van der Waals surface area contributed by atoms with Crippen LogP contribution in [0.15, 0.2) is 23.1 Å². The maximum Gasteiger partial charge on any atom is 0.102 e. The standard InChI is InChI=1S/C15H21N3S/c1-3-19-15-6-4-5-14(13(15)11-16)17-9-10-18(2)12-7-8-12/h4-6,12,17H,3,7-10H2,1-2H3. The van der Waals surface area contributed by atoms with Crippen molar-refractivity contribution in [3.05, 3.63) is 23.8 Å². The summed E-state index contributed by atoms with van der Waals surface area (Å²) in [7, 11) is 2.17. The summed E-state index contributed by atoms with van der Waals surface area (Å²) in [5.41, 5.74) is 1.74. The van der Waals surface area contributed by atoms with Crippen molar-refractivity contribution in [3.63, 3.8) is 0 Å². The third-order valence-electron chi connectivity index (χ3n) is 3.39. The number of anilines is 1. The van der Waals surface area contributed by atoms with E-state index in [9.17, 15) is 5.26 Å². The van der Waals surface area contributed by atoms with Gasteiger partial charge in [-0.2, -0.15) is 5.26 Å². The zero-order valence-corrected chi connectivity index (χ0v) is 12.5. The van der Waals surface area contributed by atoms with E-state index in [1.54, 1.807) is 11.8 Å². The van der Waals surface area contributed by atoms with Crippen molar-refractivity contribution in [2.45, 2.75) is 30.7 Å². The molecule has 102 valence electrons. The quantitative estimate of drug-likeness (QED) is 0.776. The van der Waals surface area contributed by atoms with Crippen LogP contribution in [-0.2, 0) is 0 Å². The minimum absolute atomic E-state index is 0.781. The van der Waals surface area contributed by atoms with E-state index in [1.165, 1.54) is 12.8 Å². The van der Waals surface area contributed by atoms with Crippen LogP contribution in [0.3, 0.4) is 0 Å². The van der Waals surface area contributed by atoms with Gasteiger partial charge in [-0.3, -0.25) is 0 Å². The molecule has 0 atom stereocenters. The fourth-order valence-electron chi connectivity index (χ4n) is 2.13. The number of hydrogen-bond acceptors (Lipinski definition) is 4. The number of rotatable bonds is 7. The Morgan fingerprint density at radius 3 is 2.89 bits per heavy atom. The van der Waals surface area contributed by atoms with Gasteiger partial charge in [0.15, 0.2) is 0 Å². The lowest BCUT2D eigenvalue weighted by Crippen LogP contribution is -2.27. The summed E-state index contributed by atoms with van der Waals surface area (Å²) in [6.45, 7) is 4.03. The Morgan fingerprint density at radius 2 is 2.26 bits per heavy atom. The van der Waals surface area contributed by atoms with Crippen LogP contribution in [0.25, 0.3) is 0 Å². The van der Waals surface area contributed by atoms with E-state index in [1.807, 2.05) is 18.2 Å².